The van der Waals surface area contributed by atoms with Gasteiger partial charge < -0.3 is 4.74 Å². The number of benzene rings is 2. The zero-order chi connectivity index (χ0) is 14.4. The van der Waals surface area contributed by atoms with Gasteiger partial charge in [-0.15, -0.1) is 11.6 Å². The summed E-state index contributed by atoms with van der Waals surface area (Å²) in [5.41, 5.74) is 5.01. The normalized spacial score (nSPS) is 10.6. The van der Waals surface area contributed by atoms with Gasteiger partial charge in [-0.1, -0.05) is 36.4 Å². The summed E-state index contributed by atoms with van der Waals surface area (Å²) >= 11 is 5.68. The van der Waals surface area contributed by atoms with Gasteiger partial charge in [0.2, 0.25) is 0 Å². The summed E-state index contributed by atoms with van der Waals surface area (Å²) in [6, 6.07) is 14.7. The molecule has 106 valence electrons. The lowest BCUT2D eigenvalue weighted by molar-refractivity contribution is 0.308. The number of unbranched alkanes of at least 4 members (excludes halogenated alkanes) is 1. The first-order valence-corrected chi connectivity index (χ1v) is 7.62. The molecule has 0 spiro atoms. The fourth-order valence-electron chi connectivity index (χ4n) is 2.32. The maximum absolute atomic E-state index is 5.88. The van der Waals surface area contributed by atoms with Crippen LogP contribution in [0.25, 0.3) is 11.1 Å². The van der Waals surface area contributed by atoms with Gasteiger partial charge in [0.05, 0.1) is 6.61 Å². The first kappa shape index (κ1) is 14.9. The third kappa shape index (κ3) is 3.55. The number of aryl methyl sites for hydroxylation is 1. The van der Waals surface area contributed by atoms with Gasteiger partial charge in [-0.05, 0) is 55.0 Å². The van der Waals surface area contributed by atoms with Gasteiger partial charge in [0.1, 0.15) is 5.75 Å². The lowest BCUT2D eigenvalue weighted by Crippen LogP contribution is -2.00. The smallest absolute Gasteiger partial charge is 0.122 e. The predicted molar refractivity (Wildman–Crippen MR) is 86.8 cm³/mol. The molecule has 0 heterocycles. The van der Waals surface area contributed by atoms with E-state index in [1.807, 2.05) is 6.07 Å². The molecule has 2 heteroatoms. The van der Waals surface area contributed by atoms with E-state index in [4.69, 9.17) is 16.3 Å². The third-order valence-corrected chi connectivity index (χ3v) is 3.77. The summed E-state index contributed by atoms with van der Waals surface area (Å²) < 4.78 is 5.88. The summed E-state index contributed by atoms with van der Waals surface area (Å²) in [5, 5.41) is 0. The fourth-order valence-corrected chi connectivity index (χ4v) is 2.51. The van der Waals surface area contributed by atoms with Crippen molar-refractivity contribution in [3.05, 3.63) is 53.6 Å². The highest BCUT2D eigenvalue weighted by atomic mass is 35.5. The zero-order valence-corrected chi connectivity index (χ0v) is 12.9. The van der Waals surface area contributed by atoms with Crippen LogP contribution >= 0.6 is 11.6 Å². The second-order valence-electron chi connectivity index (χ2n) is 4.99. The van der Waals surface area contributed by atoms with Crippen molar-refractivity contribution in [2.75, 3.05) is 12.5 Å². The van der Waals surface area contributed by atoms with Gasteiger partial charge in [0.15, 0.2) is 0 Å². The molecule has 0 fully saturated rings. The Labute approximate surface area is 126 Å². The molecule has 0 atom stereocenters. The number of hydrogen-bond donors (Lipinski definition) is 0. The first-order chi connectivity index (χ1) is 9.74. The second-order valence-corrected chi connectivity index (χ2v) is 5.37. The maximum Gasteiger partial charge on any atom is 0.122 e. The molecule has 0 unspecified atom stereocenters. The summed E-state index contributed by atoms with van der Waals surface area (Å²) in [4.78, 5) is 0. The van der Waals surface area contributed by atoms with E-state index in [-0.39, 0.29) is 0 Å². The summed E-state index contributed by atoms with van der Waals surface area (Å²) in [5.74, 6) is 1.67. The van der Waals surface area contributed by atoms with Crippen LogP contribution in [0.2, 0.25) is 0 Å². The topological polar surface area (TPSA) is 9.23 Å². The zero-order valence-electron chi connectivity index (χ0n) is 12.2. The quantitative estimate of drug-likeness (QED) is 0.513. The van der Waals surface area contributed by atoms with Crippen LogP contribution in [0, 0.1) is 13.8 Å². The molecule has 1 nitrogen and oxygen atoms in total. The Balaban J connectivity index is 2.21. The van der Waals surface area contributed by atoms with Crippen molar-refractivity contribution in [3.8, 4) is 16.9 Å². The van der Waals surface area contributed by atoms with E-state index >= 15 is 0 Å². The number of halogens is 1. The van der Waals surface area contributed by atoms with Crippen LogP contribution in [-0.2, 0) is 0 Å². The molecule has 0 N–H and O–H groups in total. The molecular formula is C18H21ClO. The van der Waals surface area contributed by atoms with Crippen LogP contribution < -0.4 is 4.74 Å². The maximum atomic E-state index is 5.88. The molecule has 0 amide bonds. The molecule has 0 aromatic heterocycles. The highest BCUT2D eigenvalue weighted by Crippen LogP contribution is 2.31. The van der Waals surface area contributed by atoms with Crippen molar-refractivity contribution in [2.45, 2.75) is 26.7 Å². The van der Waals surface area contributed by atoms with Crippen molar-refractivity contribution in [1.82, 2.24) is 0 Å². The van der Waals surface area contributed by atoms with Crippen molar-refractivity contribution >= 4 is 11.6 Å². The molecule has 0 bridgehead atoms. The summed E-state index contributed by atoms with van der Waals surface area (Å²) in [6.45, 7) is 4.99. The van der Waals surface area contributed by atoms with Crippen LogP contribution in [0.3, 0.4) is 0 Å². The minimum absolute atomic E-state index is 0.700. The third-order valence-electron chi connectivity index (χ3n) is 3.50. The Morgan fingerprint density at radius 3 is 2.40 bits per heavy atom. The molecule has 0 radical (unpaired) electrons. The fraction of sp³-hybridized carbons (Fsp3) is 0.333. The number of ether oxygens (including phenoxy) is 1. The first-order valence-electron chi connectivity index (χ1n) is 7.08. The van der Waals surface area contributed by atoms with Crippen LogP contribution in [0.15, 0.2) is 42.5 Å². The van der Waals surface area contributed by atoms with Gasteiger partial charge in [0, 0.05) is 5.88 Å². The molecule has 0 saturated heterocycles. The minimum Gasteiger partial charge on any atom is -0.493 e. The monoisotopic (exact) mass is 288 g/mol. The number of hydrogen-bond acceptors (Lipinski definition) is 1. The molecule has 2 aromatic carbocycles. The van der Waals surface area contributed by atoms with Gasteiger partial charge in [0.25, 0.3) is 0 Å². The van der Waals surface area contributed by atoms with Crippen molar-refractivity contribution in [2.24, 2.45) is 0 Å². The van der Waals surface area contributed by atoms with Gasteiger partial charge >= 0.3 is 0 Å². The number of alkyl halides is 1. The minimum atomic E-state index is 0.700. The molecule has 0 saturated carbocycles. The Kier molecular flexibility index (Phi) is 5.49. The number of rotatable bonds is 6. The second kappa shape index (κ2) is 7.35. The Bertz CT molecular complexity index is 563. The van der Waals surface area contributed by atoms with E-state index in [9.17, 15) is 0 Å². The molecule has 0 aliphatic heterocycles. The van der Waals surface area contributed by atoms with Crippen LogP contribution in [0.1, 0.15) is 24.0 Å². The van der Waals surface area contributed by atoms with Gasteiger partial charge in [-0.25, -0.2) is 0 Å². The van der Waals surface area contributed by atoms with E-state index in [1.165, 1.54) is 22.3 Å². The SMILES string of the molecule is Cc1ccccc1-c1cccc(OCCCCCl)c1C. The predicted octanol–water partition coefficient (Wildman–Crippen LogP) is 5.37. The molecule has 0 aliphatic rings. The molecule has 2 aromatic rings. The highest BCUT2D eigenvalue weighted by molar-refractivity contribution is 6.17. The summed E-state index contributed by atoms with van der Waals surface area (Å²) in [6.07, 6.45) is 2.00. The average molecular weight is 289 g/mol. The lowest BCUT2D eigenvalue weighted by Gasteiger charge is -2.14. The van der Waals surface area contributed by atoms with Crippen LogP contribution in [-0.4, -0.2) is 12.5 Å². The lowest BCUT2D eigenvalue weighted by atomic mass is 9.96. The Morgan fingerprint density at radius 2 is 1.65 bits per heavy atom. The Hall–Kier alpha value is -1.47. The van der Waals surface area contributed by atoms with Crippen molar-refractivity contribution < 1.29 is 4.74 Å². The molecule has 2 rings (SSSR count). The van der Waals surface area contributed by atoms with E-state index in [0.29, 0.717) is 5.88 Å². The molecule has 20 heavy (non-hydrogen) atoms. The standard InChI is InChI=1S/C18H21ClO/c1-14-8-3-4-9-16(14)17-10-7-11-18(15(17)2)20-13-6-5-12-19/h3-4,7-11H,5-6,12-13H2,1-2H3. The Morgan fingerprint density at radius 1 is 0.900 bits per heavy atom. The van der Waals surface area contributed by atoms with Gasteiger partial charge in [-0.2, -0.15) is 0 Å². The average Bonchev–Trinajstić information content (AvgIpc) is 2.46. The van der Waals surface area contributed by atoms with E-state index in [1.54, 1.807) is 0 Å². The van der Waals surface area contributed by atoms with Gasteiger partial charge in [-0.3, -0.25) is 0 Å². The van der Waals surface area contributed by atoms with Crippen LogP contribution in [0.4, 0.5) is 0 Å². The van der Waals surface area contributed by atoms with E-state index in [2.05, 4.69) is 50.2 Å². The molecular weight excluding hydrogens is 268 g/mol. The van der Waals surface area contributed by atoms with Crippen LogP contribution in [0.5, 0.6) is 5.75 Å². The largest absolute Gasteiger partial charge is 0.493 e. The van der Waals surface area contributed by atoms with Crippen molar-refractivity contribution in [1.29, 1.82) is 0 Å². The summed E-state index contributed by atoms with van der Waals surface area (Å²) in [7, 11) is 0. The van der Waals surface area contributed by atoms with E-state index < -0.39 is 0 Å². The van der Waals surface area contributed by atoms with Crippen molar-refractivity contribution in [3.63, 3.8) is 0 Å². The van der Waals surface area contributed by atoms with E-state index in [0.717, 1.165) is 25.2 Å². The highest BCUT2D eigenvalue weighted by Gasteiger charge is 2.08. The molecule has 0 aliphatic carbocycles.